The van der Waals surface area contributed by atoms with Gasteiger partial charge in [-0.05, 0) is 50.9 Å². The Labute approximate surface area is 144 Å². The number of nitrogens with one attached hydrogen (secondary N) is 1. The van der Waals surface area contributed by atoms with Gasteiger partial charge in [0, 0.05) is 13.0 Å². The summed E-state index contributed by atoms with van der Waals surface area (Å²) in [6.45, 7) is 15.1. The van der Waals surface area contributed by atoms with Crippen molar-refractivity contribution in [2.45, 2.75) is 78.1 Å². The van der Waals surface area contributed by atoms with Crippen molar-refractivity contribution in [1.29, 1.82) is 0 Å². The number of carbonyl (C=O) groups excluding carboxylic acids is 1. The van der Waals surface area contributed by atoms with Crippen LogP contribution in [0.5, 0.6) is 0 Å². The Morgan fingerprint density at radius 3 is 2.52 bits per heavy atom. The van der Waals surface area contributed by atoms with E-state index in [4.69, 9.17) is 0 Å². The van der Waals surface area contributed by atoms with Crippen LogP contribution in [0.4, 0.5) is 0 Å². The molecule has 1 N–H and O–H groups in total. The molecule has 1 rings (SSSR count). The number of rotatable bonds is 11. The molecule has 1 aliphatic rings. The lowest BCUT2D eigenvalue weighted by molar-refractivity contribution is -0.120. The van der Waals surface area contributed by atoms with Crippen LogP contribution in [0.2, 0.25) is 0 Å². The Bertz CT molecular complexity index is 370. The molecule has 2 heteroatoms. The molecule has 0 aromatic rings. The van der Waals surface area contributed by atoms with E-state index in [1.165, 1.54) is 44.9 Å². The van der Waals surface area contributed by atoms with Gasteiger partial charge in [-0.3, -0.25) is 4.79 Å². The predicted octanol–water partition coefficient (Wildman–Crippen LogP) is 5.96. The average molecular weight is 320 g/mol. The third-order valence-corrected chi connectivity index (χ3v) is 4.21. The normalized spacial score (nSPS) is 16.3. The number of hydrogen-bond donors (Lipinski definition) is 1. The number of carbonyl (C=O) groups is 1. The summed E-state index contributed by atoms with van der Waals surface area (Å²) in [5.41, 5.74) is 2.84. The molecular weight excluding hydrogens is 282 g/mol. The summed E-state index contributed by atoms with van der Waals surface area (Å²) in [6, 6.07) is 0. The zero-order chi connectivity index (χ0) is 17.5. The van der Waals surface area contributed by atoms with Crippen molar-refractivity contribution in [3.63, 3.8) is 0 Å². The summed E-state index contributed by atoms with van der Waals surface area (Å²) >= 11 is 0. The highest BCUT2D eigenvalue weighted by Gasteiger charge is 2.11. The van der Waals surface area contributed by atoms with Gasteiger partial charge in [0.05, 0.1) is 0 Å². The van der Waals surface area contributed by atoms with Gasteiger partial charge in [0.15, 0.2) is 0 Å². The first-order chi connectivity index (χ1) is 11.1. The van der Waals surface area contributed by atoms with E-state index in [2.05, 4.69) is 38.1 Å². The van der Waals surface area contributed by atoms with Crippen LogP contribution < -0.4 is 5.32 Å². The van der Waals surface area contributed by atoms with Crippen molar-refractivity contribution in [3.05, 3.63) is 37.0 Å². The molecule has 0 saturated heterocycles. The maximum Gasteiger partial charge on any atom is 0.220 e. The van der Waals surface area contributed by atoms with Gasteiger partial charge in [-0.1, -0.05) is 50.5 Å². The molecule has 1 amide bonds. The first kappa shape index (κ1) is 21.7. The second kappa shape index (κ2) is 14.3. The van der Waals surface area contributed by atoms with Crippen molar-refractivity contribution in [1.82, 2.24) is 5.32 Å². The molecule has 0 saturated carbocycles. The van der Waals surface area contributed by atoms with Crippen molar-refractivity contribution in [2.75, 3.05) is 6.54 Å². The third-order valence-electron chi connectivity index (χ3n) is 4.21. The summed E-state index contributed by atoms with van der Waals surface area (Å²) in [6.07, 6.45) is 14.1. The molecule has 0 fully saturated rings. The highest BCUT2D eigenvalue weighted by Crippen LogP contribution is 2.27. The highest BCUT2D eigenvalue weighted by molar-refractivity contribution is 5.76. The van der Waals surface area contributed by atoms with E-state index in [1.54, 1.807) is 5.57 Å². The van der Waals surface area contributed by atoms with E-state index in [1.807, 2.05) is 6.92 Å². The van der Waals surface area contributed by atoms with Gasteiger partial charge in [0.2, 0.25) is 5.91 Å². The third kappa shape index (κ3) is 11.9. The van der Waals surface area contributed by atoms with Gasteiger partial charge in [-0.15, -0.1) is 13.2 Å². The molecule has 1 unspecified atom stereocenters. The number of unbranched alkanes of at least 4 members (excludes halogenated alkanes) is 3. The molecule has 0 aliphatic heterocycles. The second-order valence-corrected chi connectivity index (χ2v) is 6.60. The maximum atomic E-state index is 11.4. The molecule has 23 heavy (non-hydrogen) atoms. The minimum absolute atomic E-state index is 0.151. The Hall–Kier alpha value is -1.31. The summed E-state index contributed by atoms with van der Waals surface area (Å²) < 4.78 is 0. The molecule has 0 aromatic heterocycles. The molecule has 0 bridgehead atoms. The summed E-state index contributed by atoms with van der Waals surface area (Å²) in [4.78, 5) is 11.4. The van der Waals surface area contributed by atoms with Gasteiger partial charge in [-0.25, -0.2) is 0 Å². The lowest BCUT2D eigenvalue weighted by Crippen LogP contribution is -2.24. The summed E-state index contributed by atoms with van der Waals surface area (Å²) in [5, 5.41) is 2.93. The van der Waals surface area contributed by atoms with Crippen LogP contribution in [-0.4, -0.2) is 12.5 Å². The van der Waals surface area contributed by atoms with E-state index in [0.717, 1.165) is 24.3 Å². The van der Waals surface area contributed by atoms with Crippen LogP contribution in [0.15, 0.2) is 37.0 Å². The minimum Gasteiger partial charge on any atom is -0.352 e. The Morgan fingerprint density at radius 2 is 1.91 bits per heavy atom. The van der Waals surface area contributed by atoms with Gasteiger partial charge >= 0.3 is 0 Å². The van der Waals surface area contributed by atoms with E-state index < -0.39 is 0 Å². The van der Waals surface area contributed by atoms with E-state index in [0.29, 0.717) is 13.0 Å². The van der Waals surface area contributed by atoms with Crippen LogP contribution in [0.1, 0.15) is 78.1 Å². The Balaban J connectivity index is 0.00000232. The molecule has 1 aliphatic carbocycles. The minimum atomic E-state index is 0.151. The Morgan fingerprint density at radius 1 is 1.22 bits per heavy atom. The molecule has 2 nitrogen and oxygen atoms in total. The molecule has 0 radical (unpaired) electrons. The Kier molecular flexibility index (Phi) is 13.5. The monoisotopic (exact) mass is 319 g/mol. The molecule has 1 atom stereocenters. The smallest absolute Gasteiger partial charge is 0.220 e. The first-order valence-electron chi connectivity index (χ1n) is 9.23. The highest BCUT2D eigenvalue weighted by atomic mass is 16.1. The van der Waals surface area contributed by atoms with Gasteiger partial charge < -0.3 is 5.32 Å². The van der Waals surface area contributed by atoms with Gasteiger partial charge in [0.25, 0.3) is 0 Å². The zero-order valence-electron chi connectivity index (χ0n) is 15.5. The SMILES string of the molecule is C=C.C=C(CCCCCCC1=CCC(C)C1)CNC(=O)CCC. The molecule has 0 heterocycles. The fourth-order valence-electron chi connectivity index (χ4n) is 2.89. The molecule has 132 valence electrons. The first-order valence-corrected chi connectivity index (χ1v) is 9.23. The van der Waals surface area contributed by atoms with Crippen LogP contribution in [0.3, 0.4) is 0 Å². The van der Waals surface area contributed by atoms with Crippen LogP contribution in [0.25, 0.3) is 0 Å². The fraction of sp³-hybridized carbons (Fsp3) is 0.667. The van der Waals surface area contributed by atoms with Crippen molar-refractivity contribution < 1.29 is 4.79 Å². The number of allylic oxidation sites excluding steroid dienone is 2. The quantitative estimate of drug-likeness (QED) is 0.369. The predicted molar refractivity (Wildman–Crippen MR) is 102 cm³/mol. The largest absolute Gasteiger partial charge is 0.352 e. The van der Waals surface area contributed by atoms with Crippen LogP contribution >= 0.6 is 0 Å². The number of amides is 1. The lowest BCUT2D eigenvalue weighted by atomic mass is 10.0. The lowest BCUT2D eigenvalue weighted by Gasteiger charge is -2.08. The average Bonchev–Trinajstić information content (AvgIpc) is 2.96. The second-order valence-electron chi connectivity index (χ2n) is 6.60. The van der Waals surface area contributed by atoms with Gasteiger partial charge in [0.1, 0.15) is 0 Å². The molecule has 0 spiro atoms. The van der Waals surface area contributed by atoms with E-state index in [9.17, 15) is 4.79 Å². The maximum absolute atomic E-state index is 11.4. The standard InChI is InChI=1S/C19H33NO.C2H4/c1-4-9-19(21)20-15-17(3)10-7-5-6-8-11-18-13-12-16(2)14-18;1-2/h13,16H,3-12,14-15H2,1-2H3,(H,20,21);1-2H2. The zero-order valence-corrected chi connectivity index (χ0v) is 15.5. The fourth-order valence-corrected chi connectivity index (χ4v) is 2.89. The van der Waals surface area contributed by atoms with Crippen molar-refractivity contribution in [2.24, 2.45) is 5.92 Å². The van der Waals surface area contributed by atoms with E-state index in [-0.39, 0.29) is 5.91 Å². The number of hydrogen-bond acceptors (Lipinski definition) is 1. The van der Waals surface area contributed by atoms with Crippen molar-refractivity contribution >= 4 is 5.91 Å². The van der Waals surface area contributed by atoms with Crippen molar-refractivity contribution in [3.8, 4) is 0 Å². The molecular formula is C21H37NO. The van der Waals surface area contributed by atoms with Crippen LogP contribution in [-0.2, 0) is 4.79 Å². The van der Waals surface area contributed by atoms with E-state index >= 15 is 0 Å². The van der Waals surface area contributed by atoms with Crippen LogP contribution in [0, 0.1) is 5.92 Å². The van der Waals surface area contributed by atoms with Gasteiger partial charge in [-0.2, -0.15) is 0 Å². The topological polar surface area (TPSA) is 29.1 Å². The molecule has 0 aromatic carbocycles. The summed E-state index contributed by atoms with van der Waals surface area (Å²) in [7, 11) is 0. The summed E-state index contributed by atoms with van der Waals surface area (Å²) in [5.74, 6) is 1.03.